The van der Waals surface area contributed by atoms with Gasteiger partial charge >= 0.3 is 0 Å². The number of pyridine rings is 1. The zero-order valence-corrected chi connectivity index (χ0v) is 9.80. The molecule has 82 valence electrons. The molecular formula is C10H13Cl2N3. The number of hydrogen-bond acceptors (Lipinski definition) is 3. The van der Waals surface area contributed by atoms with Crippen molar-refractivity contribution in [3.63, 3.8) is 0 Å². The van der Waals surface area contributed by atoms with Crippen molar-refractivity contribution in [3.05, 3.63) is 23.5 Å². The van der Waals surface area contributed by atoms with Crippen molar-refractivity contribution in [1.29, 1.82) is 0 Å². The van der Waals surface area contributed by atoms with E-state index in [1.54, 1.807) is 6.20 Å². The summed E-state index contributed by atoms with van der Waals surface area (Å²) in [4.78, 5) is 9.07. The maximum Gasteiger partial charge on any atom is 0.131 e. The Morgan fingerprint density at radius 2 is 2.13 bits per heavy atom. The summed E-state index contributed by atoms with van der Waals surface area (Å²) < 4.78 is 0. The zero-order valence-electron chi connectivity index (χ0n) is 8.29. The predicted molar refractivity (Wildman–Crippen MR) is 63.5 cm³/mol. The Labute approximate surface area is 99.5 Å². The van der Waals surface area contributed by atoms with Crippen LogP contribution in [-0.4, -0.2) is 24.1 Å². The lowest BCUT2D eigenvalue weighted by atomic mass is 10.1. The van der Waals surface area contributed by atoms with Crippen LogP contribution in [0.15, 0.2) is 18.3 Å². The molecule has 0 amide bonds. The summed E-state index contributed by atoms with van der Waals surface area (Å²) in [6.45, 7) is 2.01. The standard InChI is InChI=1S/C10H13Cl2N3/c11-10-7-9(1-4-13-10)15-5-2-8(14-12)3-6-15/h1,4,7-8,14H,2-3,5-6H2. The summed E-state index contributed by atoms with van der Waals surface area (Å²) in [5.41, 5.74) is 1.14. The van der Waals surface area contributed by atoms with Crippen molar-refractivity contribution in [2.75, 3.05) is 18.0 Å². The number of aromatic nitrogens is 1. The fraction of sp³-hybridized carbons (Fsp3) is 0.500. The van der Waals surface area contributed by atoms with Gasteiger partial charge in [-0.15, -0.1) is 0 Å². The third-order valence-corrected chi connectivity index (χ3v) is 3.24. The molecule has 3 nitrogen and oxygen atoms in total. The highest BCUT2D eigenvalue weighted by molar-refractivity contribution is 6.29. The smallest absolute Gasteiger partial charge is 0.131 e. The highest BCUT2D eigenvalue weighted by Crippen LogP contribution is 2.21. The minimum absolute atomic E-state index is 0.431. The molecule has 15 heavy (non-hydrogen) atoms. The van der Waals surface area contributed by atoms with E-state index < -0.39 is 0 Å². The molecule has 0 bridgehead atoms. The van der Waals surface area contributed by atoms with E-state index in [1.807, 2.05) is 12.1 Å². The average Bonchev–Trinajstić information content (AvgIpc) is 2.29. The molecule has 0 saturated carbocycles. The predicted octanol–water partition coefficient (Wildman–Crippen LogP) is 2.45. The molecule has 2 rings (SSSR count). The summed E-state index contributed by atoms with van der Waals surface area (Å²) in [6, 6.07) is 4.32. The van der Waals surface area contributed by atoms with Crippen molar-refractivity contribution < 1.29 is 0 Å². The monoisotopic (exact) mass is 245 g/mol. The Balaban J connectivity index is 2.01. The molecule has 1 aliphatic rings. The molecule has 1 aromatic heterocycles. The number of nitrogens with zero attached hydrogens (tertiary/aromatic N) is 2. The minimum Gasteiger partial charge on any atom is -0.371 e. The van der Waals surface area contributed by atoms with Crippen LogP contribution in [0.3, 0.4) is 0 Å². The first-order valence-corrected chi connectivity index (χ1v) is 5.78. The molecule has 0 aromatic carbocycles. The van der Waals surface area contributed by atoms with Crippen LogP contribution in [0.5, 0.6) is 0 Å². The average molecular weight is 246 g/mol. The largest absolute Gasteiger partial charge is 0.371 e. The summed E-state index contributed by atoms with van der Waals surface area (Å²) in [6.07, 6.45) is 3.86. The summed E-state index contributed by atoms with van der Waals surface area (Å²) in [7, 11) is 0. The number of piperidine rings is 1. The second kappa shape index (κ2) is 5.01. The SMILES string of the molecule is ClNC1CCN(c2ccnc(Cl)c2)CC1. The van der Waals surface area contributed by atoms with Gasteiger partial charge in [-0.25, -0.2) is 9.82 Å². The number of rotatable bonds is 2. The van der Waals surface area contributed by atoms with Gasteiger partial charge in [0.1, 0.15) is 5.15 Å². The van der Waals surface area contributed by atoms with E-state index in [2.05, 4.69) is 14.7 Å². The molecule has 0 spiro atoms. The maximum absolute atomic E-state index is 5.85. The molecule has 1 fully saturated rings. The van der Waals surface area contributed by atoms with Gasteiger partial charge in [-0.2, -0.15) is 0 Å². The summed E-state index contributed by atoms with van der Waals surface area (Å²) in [5.74, 6) is 0. The molecule has 1 saturated heterocycles. The molecule has 1 aromatic rings. The Morgan fingerprint density at radius 3 is 2.73 bits per heavy atom. The molecule has 0 radical (unpaired) electrons. The van der Waals surface area contributed by atoms with Gasteiger partial charge in [-0.1, -0.05) is 11.6 Å². The van der Waals surface area contributed by atoms with Gasteiger partial charge in [0.2, 0.25) is 0 Å². The van der Waals surface area contributed by atoms with Gasteiger partial charge in [-0.3, -0.25) is 0 Å². The molecule has 2 heterocycles. The minimum atomic E-state index is 0.431. The zero-order chi connectivity index (χ0) is 10.7. The van der Waals surface area contributed by atoms with Crippen molar-refractivity contribution in [2.24, 2.45) is 0 Å². The van der Waals surface area contributed by atoms with Crippen LogP contribution in [0.25, 0.3) is 0 Å². The molecule has 1 N–H and O–H groups in total. The molecule has 1 aliphatic heterocycles. The van der Waals surface area contributed by atoms with Crippen molar-refractivity contribution in [1.82, 2.24) is 9.82 Å². The number of hydrogen-bond donors (Lipinski definition) is 1. The topological polar surface area (TPSA) is 28.2 Å². The fourth-order valence-corrected chi connectivity index (χ4v) is 2.22. The number of halogens is 2. The van der Waals surface area contributed by atoms with Gasteiger partial charge in [0.05, 0.1) is 0 Å². The Morgan fingerprint density at radius 1 is 1.40 bits per heavy atom. The van der Waals surface area contributed by atoms with Crippen molar-refractivity contribution in [2.45, 2.75) is 18.9 Å². The third-order valence-electron chi connectivity index (χ3n) is 2.72. The number of nitrogens with one attached hydrogen (secondary N) is 1. The maximum atomic E-state index is 5.85. The second-order valence-corrected chi connectivity index (χ2v) is 4.31. The van der Waals surface area contributed by atoms with Gasteiger partial charge < -0.3 is 4.90 Å². The van der Waals surface area contributed by atoms with E-state index in [0.717, 1.165) is 31.6 Å². The third kappa shape index (κ3) is 2.74. The van der Waals surface area contributed by atoms with Gasteiger partial charge in [-0.05, 0) is 36.8 Å². The Hall–Kier alpha value is -0.510. The van der Waals surface area contributed by atoms with Crippen LogP contribution in [0.4, 0.5) is 5.69 Å². The summed E-state index contributed by atoms with van der Waals surface area (Å²) in [5, 5.41) is 0.546. The van der Waals surface area contributed by atoms with E-state index in [1.165, 1.54) is 0 Å². The Bertz CT molecular complexity index is 324. The van der Waals surface area contributed by atoms with E-state index in [0.29, 0.717) is 11.2 Å². The first-order chi connectivity index (χ1) is 7.29. The quantitative estimate of drug-likeness (QED) is 0.641. The fourth-order valence-electron chi connectivity index (χ4n) is 1.84. The van der Waals surface area contributed by atoms with Gasteiger partial charge in [0.25, 0.3) is 0 Å². The van der Waals surface area contributed by atoms with Gasteiger partial charge in [0, 0.05) is 31.0 Å². The van der Waals surface area contributed by atoms with Gasteiger partial charge in [0.15, 0.2) is 0 Å². The molecule has 0 unspecified atom stereocenters. The first kappa shape index (κ1) is 11.0. The van der Waals surface area contributed by atoms with Crippen molar-refractivity contribution >= 4 is 29.1 Å². The lowest BCUT2D eigenvalue weighted by Crippen LogP contribution is -2.39. The first-order valence-electron chi connectivity index (χ1n) is 5.02. The van der Waals surface area contributed by atoms with Crippen LogP contribution in [-0.2, 0) is 0 Å². The van der Waals surface area contributed by atoms with Crippen molar-refractivity contribution in [3.8, 4) is 0 Å². The van der Waals surface area contributed by atoms with Crippen LogP contribution >= 0.6 is 23.4 Å². The second-order valence-electron chi connectivity index (χ2n) is 3.71. The molecular weight excluding hydrogens is 233 g/mol. The van der Waals surface area contributed by atoms with E-state index in [4.69, 9.17) is 23.4 Å². The summed E-state index contributed by atoms with van der Waals surface area (Å²) >= 11 is 11.4. The molecule has 0 atom stereocenters. The lowest BCUT2D eigenvalue weighted by Gasteiger charge is -2.32. The van der Waals surface area contributed by atoms with E-state index in [9.17, 15) is 0 Å². The van der Waals surface area contributed by atoms with E-state index >= 15 is 0 Å². The molecule has 5 heteroatoms. The Kier molecular flexibility index (Phi) is 3.67. The van der Waals surface area contributed by atoms with E-state index in [-0.39, 0.29) is 0 Å². The van der Waals surface area contributed by atoms with Crippen LogP contribution < -0.4 is 9.74 Å². The van der Waals surface area contributed by atoms with Crippen LogP contribution in [0.2, 0.25) is 5.15 Å². The van der Waals surface area contributed by atoms with Crippen LogP contribution in [0, 0.1) is 0 Å². The highest BCUT2D eigenvalue weighted by atomic mass is 35.5. The van der Waals surface area contributed by atoms with Crippen LogP contribution in [0.1, 0.15) is 12.8 Å². The number of anilines is 1. The molecule has 0 aliphatic carbocycles. The normalized spacial score (nSPS) is 18.1. The lowest BCUT2D eigenvalue weighted by molar-refractivity contribution is 0.475. The highest BCUT2D eigenvalue weighted by Gasteiger charge is 2.18.